The van der Waals surface area contributed by atoms with Gasteiger partial charge in [-0.05, 0) is 75.2 Å². The van der Waals surface area contributed by atoms with E-state index in [4.69, 9.17) is 23.6 Å². The van der Waals surface area contributed by atoms with E-state index in [0.717, 1.165) is 30.2 Å². The van der Waals surface area contributed by atoms with Crippen LogP contribution in [0.2, 0.25) is 0 Å². The fraction of sp³-hybridized carbons (Fsp3) is 0.448. The SMILES string of the molecule is Cc1oc(C2(C)CCCCC2)nc1CCOc1ccc(OC[C@](C)(Oc2ccc(F)cc2)C(=O)O)cc1. The van der Waals surface area contributed by atoms with Gasteiger partial charge in [-0.2, -0.15) is 0 Å². The summed E-state index contributed by atoms with van der Waals surface area (Å²) in [6, 6.07) is 12.1. The molecule has 7 nitrogen and oxygen atoms in total. The first-order chi connectivity index (χ1) is 17.7. The predicted molar refractivity (Wildman–Crippen MR) is 136 cm³/mol. The lowest BCUT2D eigenvalue weighted by Crippen LogP contribution is -2.47. The average molecular weight is 512 g/mol. The molecule has 0 saturated heterocycles. The van der Waals surface area contributed by atoms with Crippen LogP contribution < -0.4 is 14.2 Å². The molecule has 0 amide bonds. The number of carbonyl (C=O) groups is 1. The molecule has 1 N–H and O–H groups in total. The largest absolute Gasteiger partial charge is 0.493 e. The predicted octanol–water partition coefficient (Wildman–Crippen LogP) is 6.27. The second kappa shape index (κ2) is 11.2. The van der Waals surface area contributed by atoms with Crippen molar-refractivity contribution < 1.29 is 32.9 Å². The number of carboxylic acid groups (broad SMARTS) is 1. The highest BCUT2D eigenvalue weighted by atomic mass is 19.1. The van der Waals surface area contributed by atoms with Gasteiger partial charge in [0.05, 0.1) is 12.3 Å². The Morgan fingerprint density at radius 2 is 1.62 bits per heavy atom. The first-order valence-electron chi connectivity index (χ1n) is 12.7. The summed E-state index contributed by atoms with van der Waals surface area (Å²) in [5.41, 5.74) is -0.704. The zero-order valence-electron chi connectivity index (χ0n) is 21.6. The van der Waals surface area contributed by atoms with Crippen molar-refractivity contribution in [3.63, 3.8) is 0 Å². The minimum absolute atomic E-state index is 0.0265. The number of oxazole rings is 1. The topological polar surface area (TPSA) is 91.0 Å². The molecule has 0 aliphatic heterocycles. The Bertz CT molecular complexity index is 1180. The molecule has 1 heterocycles. The van der Waals surface area contributed by atoms with Crippen LogP contribution in [-0.4, -0.2) is 34.9 Å². The van der Waals surface area contributed by atoms with E-state index in [-0.39, 0.29) is 17.8 Å². The normalized spacial score (nSPS) is 16.5. The van der Waals surface area contributed by atoms with Gasteiger partial charge in [-0.3, -0.25) is 0 Å². The quantitative estimate of drug-likeness (QED) is 0.325. The summed E-state index contributed by atoms with van der Waals surface area (Å²) in [5.74, 6) is 1.44. The van der Waals surface area contributed by atoms with Gasteiger partial charge in [-0.1, -0.05) is 26.2 Å². The number of nitrogens with zero attached hydrogens (tertiary/aromatic N) is 1. The van der Waals surface area contributed by atoms with Crippen molar-refractivity contribution in [2.45, 2.75) is 70.3 Å². The third kappa shape index (κ3) is 6.61. The summed E-state index contributed by atoms with van der Waals surface area (Å²) in [7, 11) is 0. The minimum atomic E-state index is -1.66. The van der Waals surface area contributed by atoms with E-state index < -0.39 is 17.4 Å². The number of hydrogen-bond donors (Lipinski definition) is 1. The molecule has 4 rings (SSSR count). The van der Waals surface area contributed by atoms with E-state index >= 15 is 0 Å². The monoisotopic (exact) mass is 511 g/mol. The highest BCUT2D eigenvalue weighted by molar-refractivity contribution is 5.77. The van der Waals surface area contributed by atoms with Gasteiger partial charge < -0.3 is 23.7 Å². The molecular formula is C29H34FNO6. The number of ether oxygens (including phenoxy) is 3. The Labute approximate surface area is 216 Å². The molecule has 1 fully saturated rings. The smallest absolute Gasteiger partial charge is 0.351 e. The van der Waals surface area contributed by atoms with E-state index in [9.17, 15) is 14.3 Å². The number of benzene rings is 2. The summed E-state index contributed by atoms with van der Waals surface area (Å²) >= 11 is 0. The van der Waals surface area contributed by atoms with Gasteiger partial charge in [0.2, 0.25) is 11.5 Å². The number of hydrogen-bond acceptors (Lipinski definition) is 6. The molecule has 1 aliphatic carbocycles. The van der Waals surface area contributed by atoms with Gasteiger partial charge in [0.25, 0.3) is 0 Å². The third-order valence-electron chi connectivity index (χ3n) is 6.92. The average Bonchev–Trinajstić information content (AvgIpc) is 3.26. The second-order valence-electron chi connectivity index (χ2n) is 10.1. The number of aryl methyl sites for hydroxylation is 1. The molecule has 1 aliphatic rings. The van der Waals surface area contributed by atoms with E-state index in [2.05, 4.69) is 6.92 Å². The van der Waals surface area contributed by atoms with Crippen LogP contribution >= 0.6 is 0 Å². The van der Waals surface area contributed by atoms with Gasteiger partial charge in [-0.15, -0.1) is 0 Å². The molecule has 8 heteroatoms. The van der Waals surface area contributed by atoms with Crippen LogP contribution in [0.1, 0.15) is 63.3 Å². The summed E-state index contributed by atoms with van der Waals surface area (Å²) in [5, 5.41) is 9.66. The Hall–Kier alpha value is -3.55. The van der Waals surface area contributed by atoms with Crippen LogP contribution in [0.4, 0.5) is 4.39 Å². The van der Waals surface area contributed by atoms with Crippen molar-refractivity contribution in [3.05, 3.63) is 71.7 Å². The number of carboxylic acids is 1. The van der Waals surface area contributed by atoms with Crippen LogP contribution in [0.3, 0.4) is 0 Å². The Morgan fingerprint density at radius 3 is 2.24 bits per heavy atom. The summed E-state index contributed by atoms with van der Waals surface area (Å²) in [6.45, 7) is 5.81. The molecule has 198 valence electrons. The van der Waals surface area contributed by atoms with Gasteiger partial charge in [0.1, 0.15) is 35.4 Å². The lowest BCUT2D eigenvalue weighted by Gasteiger charge is -2.30. The highest BCUT2D eigenvalue weighted by Crippen LogP contribution is 2.39. The first kappa shape index (κ1) is 26.5. The molecule has 0 spiro atoms. The lowest BCUT2D eigenvalue weighted by atomic mass is 9.76. The minimum Gasteiger partial charge on any atom is -0.493 e. The van der Waals surface area contributed by atoms with E-state index in [1.807, 2.05) is 6.92 Å². The molecule has 1 aromatic heterocycles. The van der Waals surface area contributed by atoms with Crippen LogP contribution in [0, 0.1) is 12.7 Å². The fourth-order valence-corrected chi connectivity index (χ4v) is 4.48. The number of halogens is 1. The van der Waals surface area contributed by atoms with Gasteiger partial charge in [0.15, 0.2) is 0 Å². The van der Waals surface area contributed by atoms with Crippen LogP contribution in [0.5, 0.6) is 17.2 Å². The Kier molecular flexibility index (Phi) is 8.05. The van der Waals surface area contributed by atoms with Gasteiger partial charge in [0, 0.05) is 11.8 Å². The maximum atomic E-state index is 13.1. The molecule has 0 radical (unpaired) electrons. The van der Waals surface area contributed by atoms with Crippen molar-refractivity contribution in [1.29, 1.82) is 0 Å². The van der Waals surface area contributed by atoms with Crippen molar-refractivity contribution >= 4 is 5.97 Å². The summed E-state index contributed by atoms with van der Waals surface area (Å²) < 4.78 is 36.3. The van der Waals surface area contributed by atoms with Crippen molar-refractivity contribution in [2.24, 2.45) is 0 Å². The van der Waals surface area contributed by atoms with Crippen LogP contribution in [0.15, 0.2) is 52.9 Å². The molecule has 0 unspecified atom stereocenters. The fourth-order valence-electron chi connectivity index (χ4n) is 4.48. The first-order valence-corrected chi connectivity index (χ1v) is 12.7. The molecule has 1 atom stereocenters. The lowest BCUT2D eigenvalue weighted by molar-refractivity contribution is -0.156. The molecule has 3 aromatic rings. The zero-order chi connectivity index (χ0) is 26.5. The number of aliphatic carboxylic acids is 1. The standard InChI is InChI=1S/C29H34FNO6/c1-20-25(31-26(36-20)28(2)16-5-4-6-17-28)15-18-34-22-11-13-23(14-12-22)35-19-29(3,27(32)33)37-24-9-7-21(30)8-10-24/h7-14H,4-6,15-19H2,1-3H3,(H,32,33)/t29-/m0/s1. The summed E-state index contributed by atoms with van der Waals surface area (Å²) in [6.07, 6.45) is 6.58. The number of aromatic nitrogens is 1. The van der Waals surface area contributed by atoms with Crippen molar-refractivity contribution in [2.75, 3.05) is 13.2 Å². The maximum absolute atomic E-state index is 13.1. The molecular weight excluding hydrogens is 477 g/mol. The maximum Gasteiger partial charge on any atom is 0.351 e. The Morgan fingerprint density at radius 1 is 1.03 bits per heavy atom. The van der Waals surface area contributed by atoms with E-state index in [1.54, 1.807) is 24.3 Å². The molecule has 37 heavy (non-hydrogen) atoms. The van der Waals surface area contributed by atoms with Gasteiger partial charge >= 0.3 is 5.97 Å². The van der Waals surface area contributed by atoms with Crippen LogP contribution in [0.25, 0.3) is 0 Å². The Balaban J connectivity index is 1.28. The number of rotatable bonds is 11. The third-order valence-corrected chi connectivity index (χ3v) is 6.92. The van der Waals surface area contributed by atoms with E-state index in [1.165, 1.54) is 50.5 Å². The van der Waals surface area contributed by atoms with Crippen molar-refractivity contribution in [1.82, 2.24) is 4.98 Å². The second-order valence-corrected chi connectivity index (χ2v) is 10.1. The zero-order valence-corrected chi connectivity index (χ0v) is 21.6. The molecule has 1 saturated carbocycles. The molecule has 0 bridgehead atoms. The van der Waals surface area contributed by atoms with Crippen molar-refractivity contribution in [3.8, 4) is 17.2 Å². The van der Waals surface area contributed by atoms with Crippen LogP contribution in [-0.2, 0) is 16.6 Å². The van der Waals surface area contributed by atoms with E-state index in [0.29, 0.717) is 24.5 Å². The summed E-state index contributed by atoms with van der Waals surface area (Å²) in [4.78, 5) is 16.6. The highest BCUT2D eigenvalue weighted by Gasteiger charge is 2.37. The van der Waals surface area contributed by atoms with Gasteiger partial charge in [-0.25, -0.2) is 14.2 Å². The molecule has 2 aromatic carbocycles.